The highest BCUT2D eigenvalue weighted by Crippen LogP contribution is 2.31. The summed E-state index contributed by atoms with van der Waals surface area (Å²) in [5.74, 6) is 0.800. The lowest BCUT2D eigenvalue weighted by Gasteiger charge is -2.28. The van der Waals surface area contributed by atoms with Gasteiger partial charge < -0.3 is 9.64 Å². The molecule has 0 saturated heterocycles. The van der Waals surface area contributed by atoms with Crippen molar-refractivity contribution in [1.82, 2.24) is 0 Å². The van der Waals surface area contributed by atoms with Crippen LogP contribution in [-0.4, -0.2) is 34.4 Å². The van der Waals surface area contributed by atoms with E-state index < -0.39 is 9.05 Å². The Labute approximate surface area is 106 Å². The number of aryl methyl sites for hydroxylation is 1. The molecule has 0 unspecified atom stereocenters. The molecule has 0 aromatic heterocycles. The van der Waals surface area contributed by atoms with Crippen LogP contribution in [0.5, 0.6) is 5.75 Å². The molecule has 0 amide bonds. The highest BCUT2D eigenvalue weighted by atomic mass is 35.7. The van der Waals surface area contributed by atoms with Crippen LogP contribution in [0.25, 0.3) is 0 Å². The largest absolute Gasteiger partial charge is 0.490 e. The van der Waals surface area contributed by atoms with E-state index in [-0.39, 0.29) is 5.75 Å². The summed E-state index contributed by atoms with van der Waals surface area (Å²) < 4.78 is 27.3. The molecule has 0 spiro atoms. The summed E-state index contributed by atoms with van der Waals surface area (Å²) in [5, 5.41) is 0. The van der Waals surface area contributed by atoms with Gasteiger partial charge in [0, 0.05) is 17.7 Å². The summed E-state index contributed by atoms with van der Waals surface area (Å²) in [6.45, 7) is 1.52. The van der Waals surface area contributed by atoms with Crippen LogP contribution >= 0.6 is 10.7 Å². The van der Waals surface area contributed by atoms with Crippen molar-refractivity contribution < 1.29 is 13.2 Å². The minimum atomic E-state index is -3.43. The Bertz CT molecular complexity index is 515. The number of likely N-dealkylation sites (N-methyl/N-ethyl adjacent to an activating group) is 1. The predicted molar refractivity (Wildman–Crippen MR) is 68.6 cm³/mol. The Balaban J connectivity index is 2.18. The van der Waals surface area contributed by atoms with Gasteiger partial charge >= 0.3 is 0 Å². The minimum absolute atomic E-state index is 0.0437. The molecule has 0 N–H and O–H groups in total. The van der Waals surface area contributed by atoms with Crippen molar-refractivity contribution >= 4 is 25.4 Å². The van der Waals surface area contributed by atoms with Crippen molar-refractivity contribution in [2.75, 3.05) is 30.9 Å². The monoisotopic (exact) mass is 275 g/mol. The van der Waals surface area contributed by atoms with Crippen molar-refractivity contribution in [1.29, 1.82) is 0 Å². The Kier molecular flexibility index (Phi) is 3.49. The minimum Gasteiger partial charge on any atom is -0.490 e. The molecule has 2 rings (SSSR count). The van der Waals surface area contributed by atoms with Gasteiger partial charge in [-0.15, -0.1) is 0 Å². The summed E-state index contributed by atoms with van der Waals surface area (Å²) in [6, 6.07) is 5.71. The van der Waals surface area contributed by atoms with Gasteiger partial charge in [0.1, 0.15) is 12.4 Å². The van der Waals surface area contributed by atoms with Crippen molar-refractivity contribution in [3.8, 4) is 5.75 Å². The number of anilines is 1. The lowest BCUT2D eigenvalue weighted by atomic mass is 10.1. The SMILES string of the molecule is CN1CCOc2ccc(CCS(=O)(=O)Cl)cc21. The molecule has 1 aromatic rings. The zero-order valence-electron chi connectivity index (χ0n) is 9.52. The molecule has 1 heterocycles. The van der Waals surface area contributed by atoms with Crippen molar-refractivity contribution in [2.24, 2.45) is 0 Å². The number of rotatable bonds is 3. The molecule has 4 nitrogen and oxygen atoms in total. The van der Waals surface area contributed by atoms with Gasteiger partial charge in [-0.1, -0.05) is 6.07 Å². The van der Waals surface area contributed by atoms with Crippen LogP contribution in [0.15, 0.2) is 18.2 Å². The standard InChI is InChI=1S/C11H14ClNO3S/c1-13-5-6-16-11-3-2-9(8-10(11)13)4-7-17(12,14)15/h2-3,8H,4-7H2,1H3. The van der Waals surface area contributed by atoms with E-state index in [9.17, 15) is 8.42 Å². The summed E-state index contributed by atoms with van der Waals surface area (Å²) in [5.41, 5.74) is 1.95. The van der Waals surface area contributed by atoms with E-state index in [1.54, 1.807) is 0 Å². The molecule has 0 radical (unpaired) electrons. The Morgan fingerprint density at radius 1 is 1.47 bits per heavy atom. The molecule has 0 aliphatic carbocycles. The van der Waals surface area contributed by atoms with E-state index in [1.807, 2.05) is 25.2 Å². The fourth-order valence-electron chi connectivity index (χ4n) is 1.79. The predicted octanol–water partition coefficient (Wildman–Crippen LogP) is 1.63. The van der Waals surface area contributed by atoms with E-state index in [0.717, 1.165) is 23.5 Å². The van der Waals surface area contributed by atoms with E-state index >= 15 is 0 Å². The van der Waals surface area contributed by atoms with E-state index in [0.29, 0.717) is 13.0 Å². The van der Waals surface area contributed by atoms with Crippen LogP contribution in [0.4, 0.5) is 5.69 Å². The molecule has 6 heteroatoms. The van der Waals surface area contributed by atoms with Gasteiger partial charge in [0.25, 0.3) is 0 Å². The summed E-state index contributed by atoms with van der Waals surface area (Å²) in [6.07, 6.45) is 0.424. The second-order valence-electron chi connectivity index (χ2n) is 4.07. The smallest absolute Gasteiger partial charge is 0.232 e. The lowest BCUT2D eigenvalue weighted by Crippen LogP contribution is -2.28. The average molecular weight is 276 g/mol. The maximum absolute atomic E-state index is 10.9. The molecule has 0 atom stereocenters. The van der Waals surface area contributed by atoms with Crippen LogP contribution in [-0.2, 0) is 15.5 Å². The summed E-state index contributed by atoms with van der Waals surface area (Å²) >= 11 is 0. The highest BCUT2D eigenvalue weighted by molar-refractivity contribution is 8.13. The van der Waals surface area contributed by atoms with Gasteiger partial charge in [0.2, 0.25) is 9.05 Å². The molecule has 1 aromatic carbocycles. The number of nitrogens with zero attached hydrogens (tertiary/aromatic N) is 1. The van der Waals surface area contributed by atoms with Crippen LogP contribution in [0, 0.1) is 0 Å². The number of halogens is 1. The maximum Gasteiger partial charge on any atom is 0.232 e. The van der Waals surface area contributed by atoms with Gasteiger partial charge in [-0.2, -0.15) is 0 Å². The van der Waals surface area contributed by atoms with E-state index in [1.165, 1.54) is 0 Å². The first-order chi connectivity index (χ1) is 7.96. The molecule has 0 saturated carbocycles. The van der Waals surface area contributed by atoms with Crippen LogP contribution in [0.2, 0.25) is 0 Å². The second-order valence-corrected chi connectivity index (χ2v) is 6.96. The fourth-order valence-corrected chi connectivity index (χ4v) is 2.50. The van der Waals surface area contributed by atoms with Gasteiger partial charge in [-0.05, 0) is 24.1 Å². The van der Waals surface area contributed by atoms with Crippen LogP contribution in [0.3, 0.4) is 0 Å². The number of hydrogen-bond acceptors (Lipinski definition) is 4. The average Bonchev–Trinajstić information content (AvgIpc) is 2.26. The first kappa shape index (κ1) is 12.5. The van der Waals surface area contributed by atoms with Crippen LogP contribution < -0.4 is 9.64 Å². The Hall–Kier alpha value is -0.940. The highest BCUT2D eigenvalue weighted by Gasteiger charge is 2.15. The van der Waals surface area contributed by atoms with E-state index in [2.05, 4.69) is 4.90 Å². The Morgan fingerprint density at radius 3 is 2.94 bits per heavy atom. The normalized spacial score (nSPS) is 15.3. The molecule has 17 heavy (non-hydrogen) atoms. The quantitative estimate of drug-likeness (QED) is 0.787. The number of hydrogen-bond donors (Lipinski definition) is 0. The first-order valence-corrected chi connectivity index (χ1v) is 7.83. The van der Waals surface area contributed by atoms with Gasteiger partial charge in [0.15, 0.2) is 0 Å². The molecule has 1 aliphatic heterocycles. The number of fused-ring (bicyclic) bond motifs is 1. The molecular formula is C11H14ClNO3S. The number of ether oxygens (including phenoxy) is 1. The van der Waals surface area contributed by atoms with Crippen molar-refractivity contribution in [2.45, 2.75) is 6.42 Å². The zero-order valence-corrected chi connectivity index (χ0v) is 11.1. The third kappa shape index (κ3) is 3.26. The lowest BCUT2D eigenvalue weighted by molar-refractivity contribution is 0.311. The van der Waals surface area contributed by atoms with Gasteiger partial charge in [0.05, 0.1) is 18.0 Å². The Morgan fingerprint density at radius 2 is 2.24 bits per heavy atom. The molecule has 0 fully saturated rings. The topological polar surface area (TPSA) is 46.6 Å². The maximum atomic E-state index is 10.9. The number of benzene rings is 1. The molecule has 1 aliphatic rings. The van der Waals surface area contributed by atoms with Crippen molar-refractivity contribution in [3.05, 3.63) is 23.8 Å². The first-order valence-electron chi connectivity index (χ1n) is 5.35. The van der Waals surface area contributed by atoms with Gasteiger partial charge in [-0.3, -0.25) is 0 Å². The molecule has 94 valence electrons. The van der Waals surface area contributed by atoms with Crippen LogP contribution in [0.1, 0.15) is 5.56 Å². The third-order valence-corrected chi connectivity index (χ3v) is 3.91. The molecular weight excluding hydrogens is 262 g/mol. The summed E-state index contributed by atoms with van der Waals surface area (Å²) in [4.78, 5) is 2.09. The zero-order chi connectivity index (χ0) is 12.5. The van der Waals surface area contributed by atoms with Crippen molar-refractivity contribution in [3.63, 3.8) is 0 Å². The van der Waals surface area contributed by atoms with E-state index in [4.69, 9.17) is 15.4 Å². The molecule has 0 bridgehead atoms. The van der Waals surface area contributed by atoms with Gasteiger partial charge in [-0.25, -0.2) is 8.42 Å². The summed E-state index contributed by atoms with van der Waals surface area (Å²) in [7, 11) is 3.75. The second kappa shape index (κ2) is 4.74. The third-order valence-electron chi connectivity index (χ3n) is 2.75. The fraction of sp³-hybridized carbons (Fsp3) is 0.455.